The molecule has 0 bridgehead atoms. The fourth-order valence-corrected chi connectivity index (χ4v) is 2.60. The summed E-state index contributed by atoms with van der Waals surface area (Å²) in [7, 11) is 0. The molecule has 0 amide bonds. The Morgan fingerprint density at radius 2 is 0.769 bits per heavy atom. The van der Waals surface area contributed by atoms with Crippen molar-refractivity contribution in [2.45, 2.75) is 0 Å². The minimum Gasteiger partial charge on any atom is -0.298 e. The lowest BCUT2D eigenvalue weighted by Gasteiger charge is -2.13. The van der Waals surface area contributed by atoms with Gasteiger partial charge in [0.1, 0.15) is 12.6 Å². The molecule has 3 rings (SSSR count). The molecule has 26 heavy (non-hydrogen) atoms. The van der Waals surface area contributed by atoms with Crippen molar-refractivity contribution in [1.29, 1.82) is 0 Å². The molecule has 0 heterocycles. The van der Waals surface area contributed by atoms with Gasteiger partial charge in [-0.2, -0.15) is 0 Å². The zero-order valence-corrected chi connectivity index (χ0v) is 13.1. The fraction of sp³-hybridized carbons (Fsp3) is 0. The number of rotatable bonds is 4. The number of hydrogen-bond acceptors (Lipinski definition) is 2. The Kier molecular flexibility index (Phi) is 4.67. The van der Waals surface area contributed by atoms with Gasteiger partial charge in [0, 0.05) is 11.1 Å². The molecule has 0 unspecified atom stereocenters. The van der Waals surface area contributed by atoms with Gasteiger partial charge in [-0.1, -0.05) is 48.5 Å². The predicted molar refractivity (Wildman–Crippen MR) is 87.9 cm³/mol. The van der Waals surface area contributed by atoms with Gasteiger partial charge in [0.2, 0.25) is 0 Å². The predicted octanol–water partition coefficient (Wildman–Crippen LogP) is 5.20. The second-order valence-electron chi connectivity index (χ2n) is 5.49. The summed E-state index contributed by atoms with van der Waals surface area (Å²) in [4.78, 5) is 21.3. The van der Waals surface area contributed by atoms with Crippen LogP contribution in [0.1, 0.15) is 20.7 Å². The monoisotopic (exact) mass is 358 g/mol. The van der Waals surface area contributed by atoms with Crippen molar-refractivity contribution >= 4 is 12.6 Å². The smallest absolute Gasteiger partial charge is 0.170 e. The van der Waals surface area contributed by atoms with Gasteiger partial charge in [0.05, 0.1) is 11.1 Å². The quantitative estimate of drug-likeness (QED) is 0.365. The zero-order valence-electron chi connectivity index (χ0n) is 13.1. The Balaban J connectivity index is 2.20. The van der Waals surface area contributed by atoms with E-state index in [4.69, 9.17) is 0 Å². The number of halogens is 4. The summed E-state index contributed by atoms with van der Waals surface area (Å²) in [6, 6.07) is 9.91. The lowest BCUT2D eigenvalue weighted by Crippen LogP contribution is -2.03. The van der Waals surface area contributed by atoms with E-state index in [2.05, 4.69) is 0 Å². The molecule has 0 atom stereocenters. The summed E-state index contributed by atoms with van der Waals surface area (Å²) in [5.74, 6) is -6.18. The van der Waals surface area contributed by atoms with Gasteiger partial charge in [0.25, 0.3) is 0 Å². The molecule has 0 saturated heterocycles. The van der Waals surface area contributed by atoms with E-state index in [0.717, 1.165) is 0 Å². The van der Waals surface area contributed by atoms with E-state index in [1.54, 1.807) is 0 Å². The van der Waals surface area contributed by atoms with Gasteiger partial charge in [-0.15, -0.1) is 0 Å². The molecule has 130 valence electrons. The number of carbonyl (C=O) groups is 2. The molecule has 0 aliphatic heterocycles. The SMILES string of the molecule is O=Cc1ccc(-c2c(F)c(F)c(-c3ccc(C=O)cc3)c(F)c2F)cc1. The zero-order chi connectivity index (χ0) is 18.8. The lowest BCUT2D eigenvalue weighted by atomic mass is 9.96. The number of benzene rings is 3. The topological polar surface area (TPSA) is 34.1 Å². The van der Waals surface area contributed by atoms with Crippen molar-refractivity contribution in [3.8, 4) is 22.3 Å². The summed E-state index contributed by atoms with van der Waals surface area (Å²) in [6.45, 7) is 0. The van der Waals surface area contributed by atoms with Gasteiger partial charge in [-0.3, -0.25) is 9.59 Å². The molecular weight excluding hydrogens is 348 g/mol. The normalized spacial score (nSPS) is 10.6. The number of aldehydes is 2. The summed E-state index contributed by atoms with van der Waals surface area (Å²) < 4.78 is 58.0. The molecule has 6 heteroatoms. The van der Waals surface area contributed by atoms with E-state index >= 15 is 0 Å². The van der Waals surface area contributed by atoms with Crippen LogP contribution in [0, 0.1) is 23.3 Å². The van der Waals surface area contributed by atoms with Crippen LogP contribution in [0.2, 0.25) is 0 Å². The summed E-state index contributed by atoms with van der Waals surface area (Å²) in [6.07, 6.45) is 1.06. The first-order valence-electron chi connectivity index (χ1n) is 7.45. The molecule has 3 aromatic rings. The van der Waals surface area contributed by atoms with Crippen molar-refractivity contribution in [1.82, 2.24) is 0 Å². The standard InChI is InChI=1S/C20H10F4O2/c21-17-15(13-5-1-11(9-25)2-6-13)18(22)20(24)16(19(17)23)14-7-3-12(10-26)4-8-14/h1-10H. The summed E-state index contributed by atoms with van der Waals surface area (Å²) in [5, 5.41) is 0. The average Bonchev–Trinajstić information content (AvgIpc) is 2.68. The van der Waals surface area contributed by atoms with E-state index in [0.29, 0.717) is 12.6 Å². The van der Waals surface area contributed by atoms with Crippen LogP contribution in [0.3, 0.4) is 0 Å². The van der Waals surface area contributed by atoms with Crippen LogP contribution < -0.4 is 0 Å². The first-order chi connectivity index (χ1) is 12.5. The van der Waals surface area contributed by atoms with Gasteiger partial charge >= 0.3 is 0 Å². The van der Waals surface area contributed by atoms with Crippen molar-refractivity contribution in [2.75, 3.05) is 0 Å². The van der Waals surface area contributed by atoms with E-state index in [9.17, 15) is 27.2 Å². The average molecular weight is 358 g/mol. The first kappa shape index (κ1) is 17.5. The maximum atomic E-state index is 14.5. The Morgan fingerprint density at radius 3 is 1.00 bits per heavy atom. The van der Waals surface area contributed by atoms with Crippen LogP contribution in [0.15, 0.2) is 48.5 Å². The van der Waals surface area contributed by atoms with E-state index in [-0.39, 0.29) is 22.3 Å². The van der Waals surface area contributed by atoms with E-state index in [1.807, 2.05) is 0 Å². The highest BCUT2D eigenvalue weighted by Crippen LogP contribution is 2.36. The molecule has 0 fully saturated rings. The largest absolute Gasteiger partial charge is 0.298 e. The van der Waals surface area contributed by atoms with E-state index < -0.39 is 34.4 Å². The number of hydrogen-bond donors (Lipinski definition) is 0. The molecular formula is C20H10F4O2. The molecule has 0 radical (unpaired) electrons. The highest BCUT2D eigenvalue weighted by atomic mass is 19.2. The molecule has 0 N–H and O–H groups in total. The van der Waals surface area contributed by atoms with Gasteiger partial charge in [-0.25, -0.2) is 17.6 Å². The third-order valence-electron chi connectivity index (χ3n) is 3.93. The van der Waals surface area contributed by atoms with Crippen LogP contribution in [0.5, 0.6) is 0 Å². The maximum absolute atomic E-state index is 14.5. The van der Waals surface area contributed by atoms with Crippen LogP contribution in [-0.4, -0.2) is 12.6 Å². The van der Waals surface area contributed by atoms with Crippen LogP contribution in [-0.2, 0) is 0 Å². The van der Waals surface area contributed by atoms with Crippen molar-refractivity contribution in [3.05, 3.63) is 82.9 Å². The second-order valence-corrected chi connectivity index (χ2v) is 5.49. The maximum Gasteiger partial charge on any atom is 0.170 e. The van der Waals surface area contributed by atoms with Gasteiger partial charge < -0.3 is 0 Å². The van der Waals surface area contributed by atoms with Crippen molar-refractivity contribution < 1.29 is 27.2 Å². The molecule has 0 aliphatic rings. The van der Waals surface area contributed by atoms with Gasteiger partial charge in [0.15, 0.2) is 23.3 Å². The second kappa shape index (κ2) is 6.92. The Bertz CT molecular complexity index is 882. The highest BCUT2D eigenvalue weighted by molar-refractivity contribution is 5.79. The first-order valence-corrected chi connectivity index (χ1v) is 7.45. The Morgan fingerprint density at radius 1 is 0.500 bits per heavy atom. The third-order valence-corrected chi connectivity index (χ3v) is 3.93. The third kappa shape index (κ3) is 2.90. The minimum atomic E-state index is -1.54. The Hall–Kier alpha value is -3.28. The highest BCUT2D eigenvalue weighted by Gasteiger charge is 2.27. The molecule has 0 saturated carbocycles. The Labute approximate surface area is 145 Å². The molecule has 3 aromatic carbocycles. The van der Waals surface area contributed by atoms with Crippen molar-refractivity contribution in [3.63, 3.8) is 0 Å². The molecule has 0 aromatic heterocycles. The van der Waals surface area contributed by atoms with E-state index in [1.165, 1.54) is 48.5 Å². The molecule has 2 nitrogen and oxygen atoms in total. The number of carbonyl (C=O) groups excluding carboxylic acids is 2. The summed E-state index contributed by atoms with van der Waals surface area (Å²) >= 11 is 0. The van der Waals surface area contributed by atoms with Gasteiger partial charge in [-0.05, 0) is 11.1 Å². The lowest BCUT2D eigenvalue weighted by molar-refractivity contribution is 0.111. The van der Waals surface area contributed by atoms with Crippen LogP contribution in [0.25, 0.3) is 22.3 Å². The van der Waals surface area contributed by atoms with Crippen LogP contribution in [0.4, 0.5) is 17.6 Å². The summed E-state index contributed by atoms with van der Waals surface area (Å²) in [5.41, 5.74) is -1.42. The fourth-order valence-electron chi connectivity index (χ4n) is 2.60. The minimum absolute atomic E-state index is 0.105. The molecule has 0 spiro atoms. The molecule has 0 aliphatic carbocycles. The van der Waals surface area contributed by atoms with Crippen molar-refractivity contribution in [2.24, 2.45) is 0 Å². The van der Waals surface area contributed by atoms with Crippen LogP contribution >= 0.6 is 0 Å².